The number of primary amides is 1. The maximum atomic E-state index is 13.1. The number of benzene rings is 3. The van der Waals surface area contributed by atoms with E-state index in [1.54, 1.807) is 55.5 Å². The van der Waals surface area contributed by atoms with E-state index < -0.39 is 18.0 Å². The van der Waals surface area contributed by atoms with Gasteiger partial charge in [0.15, 0.2) is 0 Å². The summed E-state index contributed by atoms with van der Waals surface area (Å²) < 4.78 is 13.1. The van der Waals surface area contributed by atoms with Gasteiger partial charge in [0, 0.05) is 22.0 Å². The minimum atomic E-state index is -0.947. The van der Waals surface area contributed by atoms with Crippen LogP contribution in [-0.2, 0) is 22.5 Å². The van der Waals surface area contributed by atoms with Gasteiger partial charge in [-0.2, -0.15) is 0 Å². The van der Waals surface area contributed by atoms with E-state index in [-0.39, 0.29) is 12.2 Å². The Kier molecular flexibility index (Phi) is 9.67. The lowest BCUT2D eigenvalue weighted by molar-refractivity contribution is -0.178. The number of urea groups is 1. The Bertz CT molecular complexity index is 1580. The summed E-state index contributed by atoms with van der Waals surface area (Å²) in [6.07, 6.45) is 0.504. The highest BCUT2D eigenvalue weighted by Gasteiger charge is 2.22. The molecule has 3 aromatic carbocycles. The van der Waals surface area contributed by atoms with Crippen molar-refractivity contribution in [1.82, 2.24) is 5.06 Å². The van der Waals surface area contributed by atoms with Crippen molar-refractivity contribution >= 4 is 57.9 Å². The maximum Gasteiger partial charge on any atom is 0.349 e. The molecule has 10 heteroatoms. The Hall–Kier alpha value is -4.03. The molecule has 6 nitrogen and oxygen atoms in total. The Morgan fingerprint density at radius 3 is 2.52 bits per heavy atom. The number of hydrogen-bond acceptors (Lipinski definition) is 5. The van der Waals surface area contributed by atoms with Crippen molar-refractivity contribution in [2.75, 3.05) is 5.32 Å². The standard InChI is InChI=1S/C30H24Cl2FN3O3S/c1-19(6-12-24-13-14-25(40-24)16-20-7-10-23(33)11-8-20)36(30(34)38)39-29(37)17-21-4-2-3-5-27(21)35-28-15-9-22(31)18-26(28)32/h2-5,7-11,13-15,18-19,35H,16-17H2,1H3,(H2,34,38)/t19-/m1/s1. The van der Waals surface area contributed by atoms with Gasteiger partial charge in [-0.25, -0.2) is 14.0 Å². The van der Waals surface area contributed by atoms with E-state index in [4.69, 9.17) is 33.8 Å². The first-order valence-corrected chi connectivity index (χ1v) is 13.7. The highest BCUT2D eigenvalue weighted by Crippen LogP contribution is 2.30. The Balaban J connectivity index is 1.40. The molecular weight excluding hydrogens is 572 g/mol. The second kappa shape index (κ2) is 13.4. The van der Waals surface area contributed by atoms with Crippen LogP contribution >= 0.6 is 34.5 Å². The third-order valence-corrected chi connectivity index (χ3v) is 7.23. The summed E-state index contributed by atoms with van der Waals surface area (Å²) in [5.74, 6) is 4.94. The molecule has 0 aliphatic carbocycles. The van der Waals surface area contributed by atoms with Gasteiger partial charge in [-0.1, -0.05) is 65.4 Å². The molecule has 0 radical (unpaired) electrons. The first kappa shape index (κ1) is 29.0. The predicted molar refractivity (Wildman–Crippen MR) is 157 cm³/mol. The SMILES string of the molecule is C[C@H](C#Cc1ccc(Cc2ccc(F)cc2)s1)N(OC(=O)Cc1ccccc1Nc1ccc(Cl)cc1Cl)C(N)=O. The Labute approximate surface area is 245 Å². The van der Waals surface area contributed by atoms with Gasteiger partial charge in [0.2, 0.25) is 0 Å². The molecule has 0 fully saturated rings. The first-order chi connectivity index (χ1) is 19.2. The average Bonchev–Trinajstić information content (AvgIpc) is 3.37. The number of hydrogen-bond donors (Lipinski definition) is 2. The normalized spacial score (nSPS) is 11.2. The lowest BCUT2D eigenvalue weighted by Crippen LogP contribution is -2.43. The van der Waals surface area contributed by atoms with Gasteiger partial charge in [-0.15, -0.1) is 16.4 Å². The topological polar surface area (TPSA) is 84.7 Å². The summed E-state index contributed by atoms with van der Waals surface area (Å²) in [5.41, 5.74) is 8.34. The molecule has 0 bridgehead atoms. The zero-order valence-electron chi connectivity index (χ0n) is 21.3. The number of thiophene rings is 1. The van der Waals surface area contributed by atoms with E-state index in [9.17, 15) is 14.0 Å². The van der Waals surface area contributed by atoms with Crippen LogP contribution in [0.4, 0.5) is 20.6 Å². The molecule has 4 aromatic rings. The number of rotatable bonds is 7. The third-order valence-electron chi connectivity index (χ3n) is 5.68. The molecule has 0 saturated heterocycles. The lowest BCUT2D eigenvalue weighted by Gasteiger charge is -2.22. The van der Waals surface area contributed by atoms with Gasteiger partial charge in [-0.3, -0.25) is 0 Å². The molecule has 1 heterocycles. The average molecular weight is 597 g/mol. The van der Waals surface area contributed by atoms with E-state index in [0.29, 0.717) is 33.4 Å². The molecule has 0 spiro atoms. The van der Waals surface area contributed by atoms with Gasteiger partial charge in [0.05, 0.1) is 22.0 Å². The van der Waals surface area contributed by atoms with Crippen molar-refractivity contribution in [3.05, 3.63) is 116 Å². The molecule has 0 aliphatic heterocycles. The van der Waals surface area contributed by atoms with Gasteiger partial charge in [0.1, 0.15) is 11.9 Å². The summed E-state index contributed by atoms with van der Waals surface area (Å²) in [6, 6.07) is 20.6. The number of anilines is 2. The van der Waals surface area contributed by atoms with Crippen LogP contribution in [-0.4, -0.2) is 23.1 Å². The molecule has 4 rings (SSSR count). The van der Waals surface area contributed by atoms with E-state index >= 15 is 0 Å². The number of carbonyl (C=O) groups is 2. The van der Waals surface area contributed by atoms with E-state index in [1.165, 1.54) is 23.5 Å². The van der Waals surface area contributed by atoms with Crippen LogP contribution in [0.3, 0.4) is 0 Å². The number of nitrogens with one attached hydrogen (secondary N) is 1. The number of nitrogens with zero attached hydrogens (tertiary/aromatic N) is 1. The monoisotopic (exact) mass is 595 g/mol. The second-order valence-electron chi connectivity index (χ2n) is 8.72. The van der Waals surface area contributed by atoms with Gasteiger partial charge in [-0.05, 0) is 66.6 Å². The minimum Gasteiger partial charge on any atom is -0.354 e. The van der Waals surface area contributed by atoms with Crippen molar-refractivity contribution in [3.8, 4) is 11.8 Å². The Morgan fingerprint density at radius 1 is 1.05 bits per heavy atom. The number of halogens is 3. The van der Waals surface area contributed by atoms with Crippen LogP contribution in [0.25, 0.3) is 0 Å². The van der Waals surface area contributed by atoms with Crippen molar-refractivity contribution < 1.29 is 18.8 Å². The molecule has 0 saturated carbocycles. The zero-order valence-corrected chi connectivity index (χ0v) is 23.6. The van der Waals surface area contributed by atoms with Gasteiger partial charge in [0.25, 0.3) is 0 Å². The smallest absolute Gasteiger partial charge is 0.349 e. The highest BCUT2D eigenvalue weighted by atomic mass is 35.5. The molecular formula is C30H24Cl2FN3O3S. The summed E-state index contributed by atoms with van der Waals surface area (Å²) in [7, 11) is 0. The summed E-state index contributed by atoms with van der Waals surface area (Å²) >= 11 is 13.7. The molecule has 40 heavy (non-hydrogen) atoms. The fourth-order valence-corrected chi connectivity index (χ4v) is 5.08. The molecule has 2 amide bonds. The second-order valence-corrected chi connectivity index (χ2v) is 10.7. The predicted octanol–water partition coefficient (Wildman–Crippen LogP) is 7.35. The van der Waals surface area contributed by atoms with E-state index in [2.05, 4.69) is 17.2 Å². The fraction of sp³-hybridized carbons (Fsp3) is 0.133. The molecule has 0 aliphatic rings. The van der Waals surface area contributed by atoms with Crippen molar-refractivity contribution in [2.45, 2.75) is 25.8 Å². The summed E-state index contributed by atoms with van der Waals surface area (Å²) in [6.45, 7) is 1.61. The highest BCUT2D eigenvalue weighted by molar-refractivity contribution is 7.12. The molecule has 1 aromatic heterocycles. The third kappa shape index (κ3) is 7.99. The number of para-hydroxylation sites is 1. The zero-order chi connectivity index (χ0) is 28.6. The van der Waals surface area contributed by atoms with Crippen LogP contribution < -0.4 is 11.1 Å². The number of hydroxylamine groups is 2. The fourth-order valence-electron chi connectivity index (χ4n) is 3.72. The maximum absolute atomic E-state index is 13.1. The van der Waals surface area contributed by atoms with Crippen LogP contribution in [0.2, 0.25) is 10.0 Å². The quantitative estimate of drug-likeness (QED) is 0.173. The van der Waals surface area contributed by atoms with Gasteiger partial charge >= 0.3 is 12.0 Å². The summed E-state index contributed by atoms with van der Waals surface area (Å²) in [5, 5.41) is 4.87. The van der Waals surface area contributed by atoms with Crippen molar-refractivity contribution in [1.29, 1.82) is 0 Å². The lowest BCUT2D eigenvalue weighted by atomic mass is 10.1. The van der Waals surface area contributed by atoms with Crippen LogP contribution in [0.1, 0.15) is 27.8 Å². The van der Waals surface area contributed by atoms with Gasteiger partial charge < -0.3 is 15.9 Å². The van der Waals surface area contributed by atoms with Crippen LogP contribution in [0.5, 0.6) is 0 Å². The molecule has 0 unspecified atom stereocenters. The largest absolute Gasteiger partial charge is 0.354 e. The van der Waals surface area contributed by atoms with Crippen molar-refractivity contribution in [3.63, 3.8) is 0 Å². The first-order valence-electron chi connectivity index (χ1n) is 12.1. The van der Waals surface area contributed by atoms with E-state index in [1.807, 2.05) is 18.2 Å². The molecule has 204 valence electrons. The summed E-state index contributed by atoms with van der Waals surface area (Å²) in [4.78, 5) is 32.0. The molecule has 3 N–H and O–H groups in total. The number of nitrogens with two attached hydrogens (primary N) is 1. The van der Waals surface area contributed by atoms with E-state index in [0.717, 1.165) is 20.4 Å². The number of carbonyl (C=O) groups excluding carboxylic acids is 2. The van der Waals surface area contributed by atoms with Crippen molar-refractivity contribution in [2.24, 2.45) is 5.73 Å². The van der Waals surface area contributed by atoms with Crippen LogP contribution in [0.15, 0.2) is 78.9 Å². The number of amides is 2. The Morgan fingerprint density at radius 2 is 1.80 bits per heavy atom. The minimum absolute atomic E-state index is 0.143. The van der Waals surface area contributed by atoms with Crippen LogP contribution in [0, 0.1) is 17.7 Å². The molecule has 1 atom stereocenters.